The molecule has 0 aromatic rings. The maximum absolute atomic E-state index is 12.9. The topological polar surface area (TPSA) is 108 Å². The summed E-state index contributed by atoms with van der Waals surface area (Å²) in [7, 11) is 5.96. The highest BCUT2D eigenvalue weighted by Crippen LogP contribution is 2.15. The highest BCUT2D eigenvalue weighted by molar-refractivity contribution is 5.71. The van der Waals surface area contributed by atoms with Crippen molar-refractivity contribution in [3.05, 3.63) is 146 Å². The molecule has 0 aliphatic carbocycles. The molecule has 0 rings (SSSR count). The van der Waals surface area contributed by atoms with Crippen molar-refractivity contribution in [3.8, 4) is 0 Å². The SMILES string of the molecule is CC/C=C\C/C=C\C/C=C\C/C=C\C/C=C\C/C=C\CCCCCCCCCCCCCCC(=O)OC(COC(=O)CCCCCCCC/C=C\C/C=C\C/C=C\C/C=C\C/C=C\C/C=C\CC)COC(OCC[N+](C)(C)C)C(=O)O. The number of quaternary nitrogens is 1. The highest BCUT2D eigenvalue weighted by Gasteiger charge is 2.25. The van der Waals surface area contributed by atoms with Crippen LogP contribution in [0.15, 0.2) is 146 Å². The van der Waals surface area contributed by atoms with E-state index in [2.05, 4.69) is 160 Å². The van der Waals surface area contributed by atoms with Crippen LogP contribution in [0.5, 0.6) is 0 Å². The van der Waals surface area contributed by atoms with Gasteiger partial charge in [0.15, 0.2) is 6.10 Å². The lowest BCUT2D eigenvalue weighted by atomic mass is 10.0. The van der Waals surface area contributed by atoms with Gasteiger partial charge in [-0.3, -0.25) is 9.59 Å². The fourth-order valence-electron chi connectivity index (χ4n) is 8.26. The third-order valence-electron chi connectivity index (χ3n) is 13.1. The molecule has 0 aliphatic rings. The number of aliphatic carboxylic acids is 1. The molecule has 9 heteroatoms. The zero-order valence-corrected chi connectivity index (χ0v) is 52.1. The van der Waals surface area contributed by atoms with E-state index >= 15 is 0 Å². The Bertz CT molecular complexity index is 1840. The van der Waals surface area contributed by atoms with Crippen molar-refractivity contribution in [2.75, 3.05) is 47.5 Å². The summed E-state index contributed by atoms with van der Waals surface area (Å²) >= 11 is 0. The lowest BCUT2D eigenvalue weighted by Crippen LogP contribution is -2.40. The smallest absolute Gasteiger partial charge is 0.361 e. The third-order valence-corrected chi connectivity index (χ3v) is 13.1. The summed E-state index contributed by atoms with van der Waals surface area (Å²) in [4.78, 5) is 37.6. The van der Waals surface area contributed by atoms with Gasteiger partial charge in [0.2, 0.25) is 0 Å². The zero-order valence-electron chi connectivity index (χ0n) is 52.1. The summed E-state index contributed by atoms with van der Waals surface area (Å²) < 4.78 is 22.9. The van der Waals surface area contributed by atoms with Gasteiger partial charge in [0, 0.05) is 12.8 Å². The van der Waals surface area contributed by atoms with Crippen molar-refractivity contribution in [1.82, 2.24) is 0 Å². The van der Waals surface area contributed by atoms with Gasteiger partial charge in [0.1, 0.15) is 13.2 Å². The molecule has 0 aliphatic heterocycles. The number of ether oxygens (including phenoxy) is 4. The van der Waals surface area contributed by atoms with Crippen molar-refractivity contribution >= 4 is 17.9 Å². The minimum absolute atomic E-state index is 0.177. The standard InChI is InChI=1S/C72H117NO8/c1-6-8-10-12-14-16-18-20-22-24-26-28-30-32-33-34-35-36-37-39-41-43-45-47-49-51-53-55-57-59-61-63-70(75)81-68(67-80-72(71(76)77)78-65-64-73(3,4)5)66-79-69(74)62-60-58-56-54-52-50-48-46-44-42-40-38-31-29-27-25-23-21-19-17-15-13-11-9-7-2/h8-11,14-17,20-23,26-29,32-33,35-36,38,40,44,46,68,72H,6-7,12-13,18-19,24-25,30-31,34,37,39,41-43,45,47-67H2,1-5H3/p+1/b10-8-,11-9-,16-14-,17-15-,22-20-,23-21-,28-26-,29-27-,33-32-,36-35-,40-38-,46-44-. The summed E-state index contributed by atoms with van der Waals surface area (Å²) in [5.74, 6) is -2.04. The monoisotopic (exact) mass is 1120 g/mol. The normalized spacial score (nSPS) is 13.7. The van der Waals surface area contributed by atoms with Crippen LogP contribution >= 0.6 is 0 Å². The van der Waals surface area contributed by atoms with Gasteiger partial charge in [-0.05, 0) is 116 Å². The van der Waals surface area contributed by atoms with E-state index in [1.165, 1.54) is 57.8 Å². The average Bonchev–Trinajstić information content (AvgIpc) is 3.44. The summed E-state index contributed by atoms with van der Waals surface area (Å²) in [6.07, 6.45) is 86.4. The second-order valence-corrected chi connectivity index (χ2v) is 22.0. The molecule has 0 saturated carbocycles. The van der Waals surface area contributed by atoms with Crippen LogP contribution in [0.3, 0.4) is 0 Å². The van der Waals surface area contributed by atoms with Gasteiger partial charge < -0.3 is 28.5 Å². The molecule has 0 bridgehead atoms. The number of allylic oxidation sites excluding steroid dienone is 24. The lowest BCUT2D eigenvalue weighted by molar-refractivity contribution is -0.870. The molecule has 0 spiro atoms. The Morgan fingerprint density at radius 1 is 0.370 bits per heavy atom. The molecule has 0 radical (unpaired) electrons. The van der Waals surface area contributed by atoms with E-state index in [1.54, 1.807) is 0 Å². The van der Waals surface area contributed by atoms with E-state index in [1.807, 2.05) is 21.1 Å². The molecule has 0 heterocycles. The molecule has 0 aromatic heterocycles. The first-order valence-corrected chi connectivity index (χ1v) is 32.0. The predicted molar refractivity (Wildman–Crippen MR) is 345 cm³/mol. The van der Waals surface area contributed by atoms with E-state index < -0.39 is 24.3 Å². The van der Waals surface area contributed by atoms with Gasteiger partial charge in [-0.2, -0.15) is 0 Å². The van der Waals surface area contributed by atoms with Crippen molar-refractivity contribution < 1.29 is 42.9 Å². The highest BCUT2D eigenvalue weighted by atomic mass is 16.7. The number of carboxylic acids is 1. The van der Waals surface area contributed by atoms with E-state index in [0.29, 0.717) is 17.4 Å². The molecule has 9 nitrogen and oxygen atoms in total. The molecule has 0 saturated heterocycles. The Hall–Kier alpha value is -4.83. The van der Waals surface area contributed by atoms with Crippen LogP contribution in [0.25, 0.3) is 0 Å². The molecule has 0 aromatic carbocycles. The van der Waals surface area contributed by atoms with E-state index in [0.717, 1.165) is 141 Å². The lowest BCUT2D eigenvalue weighted by Gasteiger charge is -2.25. The quantitative estimate of drug-likeness (QED) is 0.0211. The maximum atomic E-state index is 12.9. The number of carbonyl (C=O) groups excluding carboxylic acids is 2. The molecule has 0 amide bonds. The number of unbranched alkanes of at least 4 members (excludes halogenated alkanes) is 18. The van der Waals surface area contributed by atoms with Gasteiger partial charge in [0.05, 0.1) is 34.4 Å². The number of hydrogen-bond acceptors (Lipinski definition) is 7. The summed E-state index contributed by atoms with van der Waals surface area (Å²) in [6, 6.07) is 0. The van der Waals surface area contributed by atoms with Crippen LogP contribution in [0.2, 0.25) is 0 Å². The first kappa shape index (κ1) is 76.2. The predicted octanol–water partition coefficient (Wildman–Crippen LogP) is 19.6. The van der Waals surface area contributed by atoms with Gasteiger partial charge in [-0.15, -0.1) is 0 Å². The minimum Gasteiger partial charge on any atom is -0.477 e. The van der Waals surface area contributed by atoms with E-state index in [9.17, 15) is 19.5 Å². The molecule has 2 atom stereocenters. The second kappa shape index (κ2) is 61.2. The zero-order chi connectivity index (χ0) is 59.1. The largest absolute Gasteiger partial charge is 0.477 e. The van der Waals surface area contributed by atoms with Crippen LogP contribution in [-0.4, -0.2) is 87.4 Å². The number of rotatable bonds is 57. The number of hydrogen-bond donors (Lipinski definition) is 1. The first-order chi connectivity index (χ1) is 39.6. The van der Waals surface area contributed by atoms with E-state index in [4.69, 9.17) is 18.9 Å². The molecule has 1 N–H and O–H groups in total. The van der Waals surface area contributed by atoms with Gasteiger partial charge >= 0.3 is 17.9 Å². The molecule has 0 fully saturated rings. The second-order valence-electron chi connectivity index (χ2n) is 22.0. The Kier molecular flexibility index (Phi) is 57.6. The maximum Gasteiger partial charge on any atom is 0.361 e. The van der Waals surface area contributed by atoms with Crippen LogP contribution in [0, 0.1) is 0 Å². The van der Waals surface area contributed by atoms with Crippen LogP contribution in [0.1, 0.15) is 232 Å². The number of carbonyl (C=O) groups is 3. The summed E-state index contributed by atoms with van der Waals surface area (Å²) in [6.45, 7) is 4.62. The number of nitrogens with zero attached hydrogens (tertiary/aromatic N) is 1. The third kappa shape index (κ3) is 62.6. The molecular formula is C72H118NO8+. The van der Waals surface area contributed by atoms with E-state index in [-0.39, 0.29) is 38.6 Å². The Morgan fingerprint density at radius 2 is 0.667 bits per heavy atom. The Labute approximate surface area is 496 Å². The van der Waals surface area contributed by atoms with Crippen LogP contribution in [-0.2, 0) is 33.3 Å². The molecule has 458 valence electrons. The van der Waals surface area contributed by atoms with Gasteiger partial charge in [-0.25, -0.2) is 4.79 Å². The fraction of sp³-hybridized carbons (Fsp3) is 0.625. The Morgan fingerprint density at radius 3 is 0.988 bits per heavy atom. The van der Waals surface area contributed by atoms with Gasteiger partial charge in [0.25, 0.3) is 6.29 Å². The van der Waals surface area contributed by atoms with Gasteiger partial charge in [-0.1, -0.05) is 250 Å². The van der Waals surface area contributed by atoms with Crippen LogP contribution in [0.4, 0.5) is 0 Å². The van der Waals surface area contributed by atoms with Crippen molar-refractivity contribution in [3.63, 3.8) is 0 Å². The van der Waals surface area contributed by atoms with Crippen molar-refractivity contribution in [2.24, 2.45) is 0 Å². The molecular weight excluding hydrogens is 1010 g/mol. The molecule has 81 heavy (non-hydrogen) atoms. The van der Waals surface area contributed by atoms with Crippen molar-refractivity contribution in [2.45, 2.75) is 245 Å². The van der Waals surface area contributed by atoms with Crippen molar-refractivity contribution in [1.29, 1.82) is 0 Å². The van der Waals surface area contributed by atoms with Crippen LogP contribution < -0.4 is 0 Å². The average molecular weight is 1130 g/mol. The summed E-state index contributed by atoms with van der Waals surface area (Å²) in [5, 5.41) is 9.73. The number of carboxylic acid groups (broad SMARTS) is 1. The number of esters is 2. The fourth-order valence-corrected chi connectivity index (χ4v) is 8.26. The Balaban J connectivity index is 4.25. The number of likely N-dealkylation sites (N-methyl/N-ethyl adjacent to an activating group) is 1. The summed E-state index contributed by atoms with van der Waals surface area (Å²) in [5.41, 5.74) is 0. The minimum atomic E-state index is -1.52. The molecule has 2 unspecified atom stereocenters. The first-order valence-electron chi connectivity index (χ1n) is 32.0.